The largest absolute Gasteiger partial charge is 0.438 e. The second-order valence-electron chi connectivity index (χ2n) is 4.59. The maximum absolute atomic E-state index is 11.8. The van der Waals surface area contributed by atoms with Gasteiger partial charge in [0.1, 0.15) is 0 Å². The van der Waals surface area contributed by atoms with Gasteiger partial charge in [-0.3, -0.25) is 4.79 Å². The molecule has 1 heterocycles. The number of aromatic nitrogens is 1. The minimum absolute atomic E-state index is 0.173. The Balaban J connectivity index is 1.79. The average molecular weight is 257 g/mol. The number of oxazole rings is 1. The predicted molar refractivity (Wildman–Crippen MR) is 65.2 cm³/mol. The quantitative estimate of drug-likeness (QED) is 0.846. The lowest BCUT2D eigenvalue weighted by molar-refractivity contribution is 0.0915. The molecule has 5 heteroatoms. The van der Waals surface area contributed by atoms with Gasteiger partial charge < -0.3 is 9.73 Å². The first kappa shape index (κ1) is 12.4. The van der Waals surface area contributed by atoms with Crippen LogP contribution in [-0.2, 0) is 0 Å². The maximum Gasteiger partial charge on any atom is 0.289 e. The Hall–Kier alpha value is -1.03. The molecule has 1 amide bonds. The maximum atomic E-state index is 11.8. The van der Waals surface area contributed by atoms with Crippen molar-refractivity contribution in [2.45, 2.75) is 38.0 Å². The summed E-state index contributed by atoms with van der Waals surface area (Å²) >= 11 is 6.04. The van der Waals surface area contributed by atoms with E-state index in [0.29, 0.717) is 29.3 Å². The molecule has 0 radical (unpaired) electrons. The van der Waals surface area contributed by atoms with E-state index in [0.717, 1.165) is 25.7 Å². The van der Waals surface area contributed by atoms with Crippen LogP contribution in [0.4, 0.5) is 0 Å². The van der Waals surface area contributed by atoms with Gasteiger partial charge in [0.25, 0.3) is 5.91 Å². The Morgan fingerprint density at radius 2 is 2.24 bits per heavy atom. The van der Waals surface area contributed by atoms with E-state index in [9.17, 15) is 4.79 Å². The van der Waals surface area contributed by atoms with E-state index < -0.39 is 0 Å². The van der Waals surface area contributed by atoms with E-state index in [2.05, 4.69) is 10.3 Å². The van der Waals surface area contributed by atoms with Gasteiger partial charge in [0, 0.05) is 11.9 Å². The summed E-state index contributed by atoms with van der Waals surface area (Å²) < 4.78 is 5.04. The van der Waals surface area contributed by atoms with E-state index in [1.807, 2.05) is 0 Å². The standard InChI is InChI=1S/C12H17ClN2O2/c1-8-11(17-7-15-8)12(16)14-6-9-2-4-10(13)5-3-9/h7,9-10H,2-6H2,1H3,(H,14,16). The molecule has 1 aliphatic rings. The topological polar surface area (TPSA) is 55.1 Å². The molecule has 94 valence electrons. The number of carbonyl (C=O) groups is 1. The van der Waals surface area contributed by atoms with Crippen LogP contribution in [0.3, 0.4) is 0 Å². The summed E-state index contributed by atoms with van der Waals surface area (Å²) in [4.78, 5) is 15.7. The van der Waals surface area contributed by atoms with Crippen molar-refractivity contribution >= 4 is 17.5 Å². The Labute approximate surface area is 106 Å². The number of hydrogen-bond donors (Lipinski definition) is 1. The van der Waals surface area contributed by atoms with E-state index in [1.165, 1.54) is 6.39 Å². The Kier molecular flexibility index (Phi) is 4.05. The summed E-state index contributed by atoms with van der Waals surface area (Å²) in [5, 5.41) is 3.21. The van der Waals surface area contributed by atoms with Gasteiger partial charge in [-0.15, -0.1) is 11.6 Å². The predicted octanol–water partition coefficient (Wildman–Crippen LogP) is 2.51. The van der Waals surface area contributed by atoms with Gasteiger partial charge in [-0.2, -0.15) is 0 Å². The van der Waals surface area contributed by atoms with E-state index in [4.69, 9.17) is 16.0 Å². The van der Waals surface area contributed by atoms with Crippen LogP contribution in [0, 0.1) is 12.8 Å². The molecule has 1 aliphatic carbocycles. The SMILES string of the molecule is Cc1ncoc1C(=O)NCC1CCC(Cl)CC1. The molecule has 0 bridgehead atoms. The number of hydrogen-bond acceptors (Lipinski definition) is 3. The Morgan fingerprint density at radius 3 is 2.82 bits per heavy atom. The van der Waals surface area contributed by atoms with Crippen LogP contribution in [0.15, 0.2) is 10.8 Å². The van der Waals surface area contributed by atoms with Crippen LogP contribution in [0.2, 0.25) is 0 Å². The van der Waals surface area contributed by atoms with Gasteiger partial charge in [0.2, 0.25) is 5.76 Å². The highest BCUT2D eigenvalue weighted by Crippen LogP contribution is 2.27. The van der Waals surface area contributed by atoms with Gasteiger partial charge in [-0.1, -0.05) is 0 Å². The van der Waals surface area contributed by atoms with Crippen LogP contribution >= 0.6 is 11.6 Å². The molecule has 17 heavy (non-hydrogen) atoms. The van der Waals surface area contributed by atoms with E-state index in [1.54, 1.807) is 6.92 Å². The normalized spacial score (nSPS) is 24.6. The highest BCUT2D eigenvalue weighted by molar-refractivity contribution is 6.20. The van der Waals surface area contributed by atoms with Gasteiger partial charge >= 0.3 is 0 Å². The van der Waals surface area contributed by atoms with Crippen molar-refractivity contribution in [3.63, 3.8) is 0 Å². The van der Waals surface area contributed by atoms with Crippen molar-refractivity contribution in [1.82, 2.24) is 10.3 Å². The van der Waals surface area contributed by atoms with Gasteiger partial charge in [0.15, 0.2) is 6.39 Å². The lowest BCUT2D eigenvalue weighted by Gasteiger charge is -2.24. The second kappa shape index (κ2) is 5.54. The summed E-state index contributed by atoms with van der Waals surface area (Å²) in [7, 11) is 0. The van der Waals surface area contributed by atoms with Crippen LogP contribution in [0.1, 0.15) is 41.9 Å². The lowest BCUT2D eigenvalue weighted by atomic mass is 9.89. The zero-order chi connectivity index (χ0) is 12.3. The molecular formula is C12H17ClN2O2. The molecule has 0 aromatic carbocycles. The Bertz CT molecular complexity index is 384. The monoisotopic (exact) mass is 256 g/mol. The van der Waals surface area contributed by atoms with Gasteiger partial charge in [-0.25, -0.2) is 4.98 Å². The summed E-state index contributed by atoms with van der Waals surface area (Å²) in [5.74, 6) is 0.682. The summed E-state index contributed by atoms with van der Waals surface area (Å²) in [5.41, 5.74) is 0.631. The molecule has 4 nitrogen and oxygen atoms in total. The fourth-order valence-corrected chi connectivity index (χ4v) is 2.42. The third kappa shape index (κ3) is 3.22. The van der Waals surface area contributed by atoms with Crippen molar-refractivity contribution in [2.75, 3.05) is 6.54 Å². The molecule has 1 N–H and O–H groups in total. The highest BCUT2D eigenvalue weighted by Gasteiger charge is 2.21. The summed E-state index contributed by atoms with van der Waals surface area (Å²) in [6.07, 6.45) is 5.56. The number of nitrogens with zero attached hydrogens (tertiary/aromatic N) is 1. The van der Waals surface area contributed by atoms with Crippen LogP contribution < -0.4 is 5.32 Å². The summed E-state index contributed by atoms with van der Waals surface area (Å²) in [6.45, 7) is 2.46. The molecule has 1 saturated carbocycles. The zero-order valence-electron chi connectivity index (χ0n) is 9.91. The van der Waals surface area contributed by atoms with Crippen molar-refractivity contribution in [2.24, 2.45) is 5.92 Å². The third-order valence-electron chi connectivity index (χ3n) is 3.28. The number of rotatable bonds is 3. The first-order valence-electron chi connectivity index (χ1n) is 5.99. The molecule has 0 spiro atoms. The number of amides is 1. The number of alkyl halides is 1. The molecule has 0 atom stereocenters. The highest BCUT2D eigenvalue weighted by atomic mass is 35.5. The lowest BCUT2D eigenvalue weighted by Crippen LogP contribution is -2.31. The van der Waals surface area contributed by atoms with Gasteiger partial charge in [-0.05, 0) is 38.5 Å². The number of nitrogens with one attached hydrogen (secondary N) is 1. The minimum Gasteiger partial charge on any atom is -0.438 e. The van der Waals surface area contributed by atoms with Crippen molar-refractivity contribution in [3.05, 3.63) is 17.8 Å². The Morgan fingerprint density at radius 1 is 1.53 bits per heavy atom. The molecule has 1 aromatic heterocycles. The first-order chi connectivity index (χ1) is 8.16. The van der Waals surface area contributed by atoms with E-state index in [-0.39, 0.29) is 5.91 Å². The number of aryl methyl sites for hydroxylation is 1. The third-order valence-corrected chi connectivity index (χ3v) is 3.72. The molecule has 0 saturated heterocycles. The van der Waals surface area contributed by atoms with Crippen LogP contribution in [0.5, 0.6) is 0 Å². The second-order valence-corrected chi connectivity index (χ2v) is 5.21. The van der Waals surface area contributed by atoms with Gasteiger partial charge in [0.05, 0.1) is 5.69 Å². The molecular weight excluding hydrogens is 240 g/mol. The summed E-state index contributed by atoms with van der Waals surface area (Å²) in [6, 6.07) is 0. The average Bonchev–Trinajstić information content (AvgIpc) is 2.74. The fraction of sp³-hybridized carbons (Fsp3) is 0.667. The number of halogens is 1. The molecule has 2 rings (SSSR count). The first-order valence-corrected chi connectivity index (χ1v) is 6.43. The van der Waals surface area contributed by atoms with Crippen LogP contribution in [0.25, 0.3) is 0 Å². The molecule has 0 unspecified atom stereocenters. The molecule has 1 fully saturated rings. The smallest absolute Gasteiger partial charge is 0.289 e. The van der Waals surface area contributed by atoms with Crippen molar-refractivity contribution in [3.8, 4) is 0 Å². The zero-order valence-corrected chi connectivity index (χ0v) is 10.7. The molecule has 1 aromatic rings. The molecule has 0 aliphatic heterocycles. The number of carbonyl (C=O) groups excluding carboxylic acids is 1. The minimum atomic E-state index is -0.173. The van der Waals surface area contributed by atoms with Crippen LogP contribution in [-0.4, -0.2) is 22.8 Å². The van der Waals surface area contributed by atoms with E-state index >= 15 is 0 Å². The fourth-order valence-electron chi connectivity index (χ4n) is 2.16. The van der Waals surface area contributed by atoms with Crippen molar-refractivity contribution < 1.29 is 9.21 Å². The van der Waals surface area contributed by atoms with Crippen molar-refractivity contribution in [1.29, 1.82) is 0 Å².